The molecule has 2 aliphatic rings. The van der Waals surface area contributed by atoms with E-state index in [1.54, 1.807) is 24.3 Å². The average molecular weight is 534 g/mol. The number of hydrogen-bond donors (Lipinski definition) is 1. The Balaban J connectivity index is 1.55. The molecule has 0 unspecified atom stereocenters. The van der Waals surface area contributed by atoms with Gasteiger partial charge in [0.1, 0.15) is 5.82 Å². The van der Waals surface area contributed by atoms with Crippen molar-refractivity contribution in [2.75, 3.05) is 30.8 Å². The topological polar surface area (TPSA) is 127 Å². The lowest BCUT2D eigenvalue weighted by atomic mass is 10.1. The molecular formula is C23H25ClFN7O3S. The lowest BCUT2D eigenvalue weighted by Crippen LogP contribution is -2.45. The largest absolute Gasteiger partial charge is 0.319 e. The van der Waals surface area contributed by atoms with Crippen LogP contribution >= 0.6 is 11.6 Å². The second-order valence-electron chi connectivity index (χ2n) is 9.32. The molecule has 1 saturated heterocycles. The third kappa shape index (κ3) is 4.85. The van der Waals surface area contributed by atoms with Crippen molar-refractivity contribution in [1.82, 2.24) is 25.1 Å². The summed E-state index contributed by atoms with van der Waals surface area (Å²) in [6.45, 7) is 2.45. The number of benzene rings is 2. The quantitative estimate of drug-likeness (QED) is 0.525. The fourth-order valence-corrected chi connectivity index (χ4v) is 6.35. The maximum atomic E-state index is 15.3. The van der Waals surface area contributed by atoms with Crippen LogP contribution in [0.4, 0.5) is 10.1 Å². The number of carbonyl (C=O) groups is 1. The summed E-state index contributed by atoms with van der Waals surface area (Å²) in [5.74, 6) is -1.68. The molecule has 10 nitrogen and oxygen atoms in total. The van der Waals surface area contributed by atoms with Gasteiger partial charge >= 0.3 is 0 Å². The standard InChI is InChI=1S/C23H25ClFN7O3S/c1-30-7-6-15(10-30)12-32-28-22(27-29-32)17-8-20-21(9-18(17)25)36(34,35)13-19(26)23(33)31(20)11-14-2-4-16(24)5-3-14/h2-5,8-9,15,19H,6-7,10-13,26H2,1H3/t15-,19-/m0/s1. The molecule has 36 heavy (non-hydrogen) atoms. The smallest absolute Gasteiger partial charge is 0.245 e. The molecule has 2 aliphatic heterocycles. The molecule has 0 aliphatic carbocycles. The predicted molar refractivity (Wildman–Crippen MR) is 131 cm³/mol. The van der Waals surface area contributed by atoms with Gasteiger partial charge < -0.3 is 15.5 Å². The second kappa shape index (κ2) is 9.51. The summed E-state index contributed by atoms with van der Waals surface area (Å²) in [4.78, 5) is 17.8. The molecule has 0 bridgehead atoms. The first-order chi connectivity index (χ1) is 17.1. The Hall–Kier alpha value is -2.93. The highest BCUT2D eigenvalue weighted by Gasteiger charge is 2.37. The van der Waals surface area contributed by atoms with Crippen LogP contribution in [0, 0.1) is 11.7 Å². The number of fused-ring (bicyclic) bond motifs is 1. The molecule has 190 valence electrons. The molecule has 3 heterocycles. The number of carbonyl (C=O) groups excluding carboxylic acids is 1. The van der Waals surface area contributed by atoms with Gasteiger partial charge in [-0.25, -0.2) is 12.8 Å². The molecule has 0 radical (unpaired) electrons. The van der Waals surface area contributed by atoms with Crippen LogP contribution in [0.1, 0.15) is 12.0 Å². The van der Waals surface area contributed by atoms with E-state index in [-0.39, 0.29) is 28.5 Å². The normalized spacial score (nSPS) is 22.0. The van der Waals surface area contributed by atoms with E-state index < -0.39 is 33.4 Å². The Morgan fingerprint density at radius 3 is 2.67 bits per heavy atom. The van der Waals surface area contributed by atoms with Gasteiger partial charge in [-0.1, -0.05) is 23.7 Å². The van der Waals surface area contributed by atoms with Crippen molar-refractivity contribution < 1.29 is 17.6 Å². The van der Waals surface area contributed by atoms with Gasteiger partial charge in [0.25, 0.3) is 0 Å². The SMILES string of the molecule is CN1CC[C@H](Cn2nnc(-c3cc4c(cc3F)S(=O)(=O)C[C@H](N)C(=O)N4Cc3ccc(Cl)cc3)n2)C1. The highest BCUT2D eigenvalue weighted by atomic mass is 35.5. The lowest BCUT2D eigenvalue weighted by Gasteiger charge is -2.24. The molecule has 5 rings (SSSR count). The van der Waals surface area contributed by atoms with Crippen LogP contribution in [0.15, 0.2) is 41.3 Å². The molecular weight excluding hydrogens is 509 g/mol. The maximum Gasteiger partial charge on any atom is 0.245 e. The zero-order valence-electron chi connectivity index (χ0n) is 19.5. The van der Waals surface area contributed by atoms with E-state index in [4.69, 9.17) is 17.3 Å². The van der Waals surface area contributed by atoms with Gasteiger partial charge in [0.05, 0.1) is 41.0 Å². The minimum Gasteiger partial charge on any atom is -0.319 e. The van der Waals surface area contributed by atoms with Gasteiger partial charge in [-0.2, -0.15) is 4.80 Å². The van der Waals surface area contributed by atoms with Crippen molar-refractivity contribution in [2.24, 2.45) is 11.7 Å². The van der Waals surface area contributed by atoms with E-state index in [0.29, 0.717) is 23.0 Å². The average Bonchev–Trinajstić information content (AvgIpc) is 3.45. The summed E-state index contributed by atoms with van der Waals surface area (Å²) >= 11 is 5.97. The van der Waals surface area contributed by atoms with E-state index in [1.807, 2.05) is 7.05 Å². The monoisotopic (exact) mass is 533 g/mol. The first-order valence-electron chi connectivity index (χ1n) is 11.4. The Morgan fingerprint density at radius 1 is 1.22 bits per heavy atom. The van der Waals surface area contributed by atoms with E-state index in [2.05, 4.69) is 20.3 Å². The summed E-state index contributed by atoms with van der Waals surface area (Å²) in [7, 11) is -2.00. The van der Waals surface area contributed by atoms with Crippen LogP contribution in [-0.2, 0) is 27.7 Å². The summed E-state index contributed by atoms with van der Waals surface area (Å²) < 4.78 is 41.3. The molecule has 1 amide bonds. The Kier molecular flexibility index (Phi) is 6.54. The molecule has 2 N–H and O–H groups in total. The van der Waals surface area contributed by atoms with Gasteiger partial charge in [-0.05, 0) is 61.0 Å². The Bertz CT molecular complexity index is 1410. The number of tetrazole rings is 1. The van der Waals surface area contributed by atoms with Crippen molar-refractivity contribution in [3.8, 4) is 11.4 Å². The molecule has 2 aromatic carbocycles. The van der Waals surface area contributed by atoms with Gasteiger partial charge in [-0.3, -0.25) is 4.79 Å². The molecule has 13 heteroatoms. The number of sulfone groups is 1. The third-order valence-corrected chi connectivity index (χ3v) is 8.56. The third-order valence-electron chi connectivity index (χ3n) is 6.51. The Morgan fingerprint density at radius 2 is 1.97 bits per heavy atom. The highest BCUT2D eigenvalue weighted by molar-refractivity contribution is 7.91. The van der Waals surface area contributed by atoms with Gasteiger partial charge in [0, 0.05) is 11.6 Å². The van der Waals surface area contributed by atoms with Crippen molar-refractivity contribution in [2.45, 2.75) is 30.4 Å². The number of aromatic nitrogens is 4. The number of hydrogen-bond acceptors (Lipinski definition) is 8. The summed E-state index contributed by atoms with van der Waals surface area (Å²) in [5.41, 5.74) is 6.62. The Labute approximate surface area is 212 Å². The fraction of sp³-hybridized carbons (Fsp3) is 0.391. The number of rotatable bonds is 5. The van der Waals surface area contributed by atoms with E-state index in [0.717, 1.165) is 25.6 Å². The van der Waals surface area contributed by atoms with Gasteiger partial charge in [0.2, 0.25) is 11.7 Å². The van der Waals surface area contributed by atoms with Crippen LogP contribution < -0.4 is 10.6 Å². The van der Waals surface area contributed by atoms with Crippen LogP contribution in [0.2, 0.25) is 5.02 Å². The maximum absolute atomic E-state index is 15.3. The van der Waals surface area contributed by atoms with Crippen LogP contribution in [0.25, 0.3) is 11.4 Å². The van der Waals surface area contributed by atoms with Crippen molar-refractivity contribution >= 4 is 33.0 Å². The molecule has 0 saturated carbocycles. The number of amides is 1. The summed E-state index contributed by atoms with van der Waals surface area (Å²) in [5, 5.41) is 12.9. The molecule has 0 spiro atoms. The van der Waals surface area contributed by atoms with Crippen molar-refractivity contribution in [3.05, 3.63) is 52.8 Å². The number of halogens is 2. The van der Waals surface area contributed by atoms with Crippen LogP contribution in [0.3, 0.4) is 0 Å². The summed E-state index contributed by atoms with van der Waals surface area (Å²) in [6, 6.07) is 7.67. The lowest BCUT2D eigenvalue weighted by molar-refractivity contribution is -0.119. The first-order valence-corrected chi connectivity index (χ1v) is 13.5. The predicted octanol–water partition coefficient (Wildman–Crippen LogP) is 1.73. The molecule has 1 fully saturated rings. The van der Waals surface area contributed by atoms with E-state index in [1.165, 1.54) is 15.8 Å². The zero-order chi connectivity index (χ0) is 25.6. The minimum absolute atomic E-state index is 0.00601. The molecule has 3 aromatic rings. The first kappa shape index (κ1) is 24.8. The number of anilines is 1. The number of nitrogens with zero attached hydrogens (tertiary/aromatic N) is 6. The van der Waals surface area contributed by atoms with E-state index in [9.17, 15) is 13.2 Å². The van der Waals surface area contributed by atoms with Gasteiger partial charge in [-0.15, -0.1) is 10.2 Å². The van der Waals surface area contributed by atoms with Crippen LogP contribution in [0.5, 0.6) is 0 Å². The fourth-order valence-electron chi connectivity index (χ4n) is 4.66. The number of nitrogens with two attached hydrogens (primary N) is 1. The zero-order valence-corrected chi connectivity index (χ0v) is 21.1. The van der Waals surface area contributed by atoms with E-state index >= 15 is 4.39 Å². The molecule has 2 atom stereocenters. The second-order valence-corrected chi connectivity index (χ2v) is 11.8. The van der Waals surface area contributed by atoms with Crippen molar-refractivity contribution in [3.63, 3.8) is 0 Å². The minimum atomic E-state index is -4.04. The van der Waals surface area contributed by atoms with Gasteiger partial charge in [0.15, 0.2) is 9.84 Å². The number of likely N-dealkylation sites (tertiary alicyclic amines) is 1. The highest BCUT2D eigenvalue weighted by Crippen LogP contribution is 2.36. The van der Waals surface area contributed by atoms with Crippen LogP contribution in [-0.4, -0.2) is 71.4 Å². The van der Waals surface area contributed by atoms with Crippen molar-refractivity contribution in [1.29, 1.82) is 0 Å². The summed E-state index contributed by atoms with van der Waals surface area (Å²) in [6.07, 6.45) is 1.00. The molecule has 1 aromatic heterocycles.